The lowest BCUT2D eigenvalue weighted by Gasteiger charge is -2.24. The molecule has 2 nitrogen and oxygen atoms in total. The van der Waals surface area contributed by atoms with E-state index in [4.69, 9.17) is 4.74 Å². The van der Waals surface area contributed by atoms with Gasteiger partial charge in [0.05, 0.1) is 13.7 Å². The van der Waals surface area contributed by atoms with Gasteiger partial charge >= 0.3 is 0 Å². The van der Waals surface area contributed by atoms with Gasteiger partial charge < -0.3 is 10.1 Å². The van der Waals surface area contributed by atoms with Gasteiger partial charge in [-0.05, 0) is 82.6 Å². The summed E-state index contributed by atoms with van der Waals surface area (Å²) in [5, 5.41) is 3.41. The maximum absolute atomic E-state index is 5.80. The number of thiophene rings is 1. The third-order valence-corrected chi connectivity index (χ3v) is 5.84. The molecule has 0 amide bonds. The van der Waals surface area contributed by atoms with Crippen molar-refractivity contribution >= 4 is 43.2 Å². The highest BCUT2D eigenvalue weighted by atomic mass is 79.9. The molecule has 1 aliphatic rings. The fourth-order valence-electron chi connectivity index (χ4n) is 2.43. The summed E-state index contributed by atoms with van der Waals surface area (Å²) in [6.45, 7) is 0.947. The quantitative estimate of drug-likeness (QED) is 0.765. The van der Waals surface area contributed by atoms with Crippen LogP contribution in [-0.4, -0.2) is 19.8 Å². The molecule has 5 heteroatoms. The van der Waals surface area contributed by atoms with Gasteiger partial charge in [-0.15, -0.1) is 11.3 Å². The average Bonchev–Trinajstić information content (AvgIpc) is 2.71. The summed E-state index contributed by atoms with van der Waals surface area (Å²) in [4.78, 5) is 0. The molecule has 0 radical (unpaired) electrons. The first-order valence-corrected chi connectivity index (χ1v) is 8.84. The van der Waals surface area contributed by atoms with Crippen LogP contribution in [0.15, 0.2) is 13.6 Å². The van der Waals surface area contributed by atoms with E-state index in [-0.39, 0.29) is 0 Å². The molecular formula is C13H19Br2NOS. The van der Waals surface area contributed by atoms with Crippen LogP contribution in [0.1, 0.15) is 43.7 Å². The fraction of sp³-hybridized carbons (Fsp3) is 0.692. The predicted molar refractivity (Wildman–Crippen MR) is 84.3 cm³/mol. The molecule has 2 unspecified atom stereocenters. The lowest BCUT2D eigenvalue weighted by molar-refractivity contribution is 0.00866. The highest BCUT2D eigenvalue weighted by molar-refractivity contribution is 9.12. The van der Waals surface area contributed by atoms with E-state index in [2.05, 4.69) is 43.2 Å². The Labute approximate surface area is 130 Å². The fourth-order valence-corrected chi connectivity index (χ4v) is 5.41. The zero-order chi connectivity index (χ0) is 13.0. The van der Waals surface area contributed by atoms with Gasteiger partial charge in [0.2, 0.25) is 0 Å². The number of halogens is 2. The van der Waals surface area contributed by atoms with E-state index in [0.29, 0.717) is 12.1 Å². The highest BCUT2D eigenvalue weighted by Gasteiger charge is 2.19. The molecule has 2 atom stereocenters. The monoisotopic (exact) mass is 395 g/mol. The number of hydrogen-bond acceptors (Lipinski definition) is 3. The van der Waals surface area contributed by atoms with Crippen LogP contribution in [0.25, 0.3) is 0 Å². The van der Waals surface area contributed by atoms with Crippen LogP contribution in [0.5, 0.6) is 0 Å². The molecule has 1 fully saturated rings. The van der Waals surface area contributed by atoms with Crippen molar-refractivity contribution < 1.29 is 4.74 Å². The molecule has 1 saturated heterocycles. The second kappa shape index (κ2) is 7.39. The van der Waals surface area contributed by atoms with Crippen LogP contribution in [0.4, 0.5) is 0 Å². The Morgan fingerprint density at radius 1 is 1.50 bits per heavy atom. The summed E-state index contributed by atoms with van der Waals surface area (Å²) in [7, 11) is 2.03. The maximum atomic E-state index is 5.80. The van der Waals surface area contributed by atoms with Crippen molar-refractivity contribution in [2.45, 2.75) is 44.2 Å². The minimum Gasteiger partial charge on any atom is -0.378 e. The number of ether oxygens (including phenoxy) is 1. The van der Waals surface area contributed by atoms with Crippen molar-refractivity contribution in [1.82, 2.24) is 5.32 Å². The Hall–Kier alpha value is 0.580. The van der Waals surface area contributed by atoms with E-state index in [1.165, 1.54) is 32.4 Å². The molecule has 2 heterocycles. The molecule has 0 saturated carbocycles. The van der Waals surface area contributed by atoms with E-state index in [1.54, 1.807) is 11.3 Å². The van der Waals surface area contributed by atoms with Gasteiger partial charge in [-0.2, -0.15) is 0 Å². The van der Waals surface area contributed by atoms with Gasteiger partial charge in [-0.3, -0.25) is 0 Å². The van der Waals surface area contributed by atoms with Gasteiger partial charge in [0.1, 0.15) is 0 Å². The molecule has 18 heavy (non-hydrogen) atoms. The molecule has 1 aromatic rings. The molecule has 0 aliphatic carbocycles. The summed E-state index contributed by atoms with van der Waals surface area (Å²) >= 11 is 8.92. The third kappa shape index (κ3) is 4.04. The van der Waals surface area contributed by atoms with Crippen molar-refractivity contribution in [3.05, 3.63) is 19.2 Å². The van der Waals surface area contributed by atoms with E-state index in [1.807, 2.05) is 7.05 Å². The second-order valence-electron chi connectivity index (χ2n) is 4.69. The first-order valence-electron chi connectivity index (χ1n) is 6.44. The van der Waals surface area contributed by atoms with Crippen LogP contribution >= 0.6 is 43.2 Å². The standard InChI is InChI=1S/C13H19Br2NOS/c1-16-11(10-8-12(14)18-13(10)15)6-5-9-4-2-3-7-17-9/h8-9,11,16H,2-7H2,1H3. The van der Waals surface area contributed by atoms with Crippen molar-refractivity contribution in [1.29, 1.82) is 0 Å². The first-order chi connectivity index (χ1) is 8.70. The van der Waals surface area contributed by atoms with E-state index in [9.17, 15) is 0 Å². The smallest absolute Gasteiger partial charge is 0.0758 e. The first kappa shape index (κ1) is 15.0. The molecule has 1 aromatic heterocycles. The average molecular weight is 397 g/mol. The maximum Gasteiger partial charge on any atom is 0.0758 e. The molecule has 1 aliphatic heterocycles. The van der Waals surface area contributed by atoms with Crippen LogP contribution in [0, 0.1) is 0 Å². The normalized spacial score (nSPS) is 22.1. The lowest BCUT2D eigenvalue weighted by atomic mass is 9.99. The van der Waals surface area contributed by atoms with E-state index in [0.717, 1.165) is 19.4 Å². The SMILES string of the molecule is CNC(CCC1CCCCO1)c1cc(Br)sc1Br. The van der Waals surface area contributed by atoms with Gasteiger partial charge in [0.25, 0.3) is 0 Å². The zero-order valence-corrected chi connectivity index (χ0v) is 14.5. The van der Waals surface area contributed by atoms with E-state index >= 15 is 0 Å². The van der Waals surface area contributed by atoms with Crippen molar-refractivity contribution in [3.63, 3.8) is 0 Å². The molecule has 0 spiro atoms. The van der Waals surface area contributed by atoms with Gasteiger partial charge in [-0.1, -0.05) is 0 Å². The molecular weight excluding hydrogens is 378 g/mol. The Bertz CT molecular complexity index is 377. The molecule has 1 N–H and O–H groups in total. The highest BCUT2D eigenvalue weighted by Crippen LogP contribution is 2.37. The molecule has 0 bridgehead atoms. The largest absolute Gasteiger partial charge is 0.378 e. The van der Waals surface area contributed by atoms with Gasteiger partial charge in [-0.25, -0.2) is 0 Å². The minimum absolute atomic E-state index is 0.410. The van der Waals surface area contributed by atoms with Crippen LogP contribution in [0.3, 0.4) is 0 Å². The summed E-state index contributed by atoms with van der Waals surface area (Å²) in [6, 6.07) is 2.62. The topological polar surface area (TPSA) is 21.3 Å². The van der Waals surface area contributed by atoms with Crippen LogP contribution in [0.2, 0.25) is 0 Å². The van der Waals surface area contributed by atoms with E-state index < -0.39 is 0 Å². The Kier molecular flexibility index (Phi) is 6.15. The third-order valence-electron chi connectivity index (χ3n) is 3.46. The number of nitrogens with one attached hydrogen (secondary N) is 1. The Morgan fingerprint density at radius 3 is 2.89 bits per heavy atom. The van der Waals surface area contributed by atoms with Crippen LogP contribution < -0.4 is 5.32 Å². The summed E-state index contributed by atoms with van der Waals surface area (Å²) in [5.74, 6) is 0. The van der Waals surface area contributed by atoms with Gasteiger partial charge in [0, 0.05) is 12.6 Å². The van der Waals surface area contributed by atoms with Gasteiger partial charge in [0.15, 0.2) is 0 Å². The summed E-state index contributed by atoms with van der Waals surface area (Å²) < 4.78 is 8.20. The van der Waals surface area contributed by atoms with Crippen molar-refractivity contribution in [3.8, 4) is 0 Å². The summed E-state index contributed by atoms with van der Waals surface area (Å²) in [6.07, 6.45) is 6.52. The second-order valence-corrected chi connectivity index (χ2v) is 8.44. The summed E-state index contributed by atoms with van der Waals surface area (Å²) in [5.41, 5.74) is 1.35. The molecule has 102 valence electrons. The zero-order valence-electron chi connectivity index (χ0n) is 10.5. The van der Waals surface area contributed by atoms with Crippen LogP contribution in [-0.2, 0) is 4.74 Å². The number of hydrogen-bond donors (Lipinski definition) is 1. The lowest BCUT2D eigenvalue weighted by Crippen LogP contribution is -2.22. The number of rotatable bonds is 5. The Balaban J connectivity index is 1.90. The minimum atomic E-state index is 0.410. The Morgan fingerprint density at radius 2 is 2.33 bits per heavy atom. The predicted octanol–water partition coefficient (Wildman–Crippen LogP) is 4.88. The van der Waals surface area contributed by atoms with Crippen molar-refractivity contribution in [2.75, 3.05) is 13.7 Å². The van der Waals surface area contributed by atoms with Crippen molar-refractivity contribution in [2.24, 2.45) is 0 Å². The molecule has 0 aromatic carbocycles. The molecule has 2 rings (SSSR count).